The van der Waals surface area contributed by atoms with Gasteiger partial charge in [-0.15, -0.1) is 10.2 Å². The van der Waals surface area contributed by atoms with Gasteiger partial charge in [0, 0.05) is 13.2 Å². The van der Waals surface area contributed by atoms with Crippen molar-refractivity contribution in [2.45, 2.75) is 18.6 Å². The second-order valence-electron chi connectivity index (χ2n) is 3.83. The number of carboxylic acids is 1. The first-order valence-electron chi connectivity index (χ1n) is 5.27. The fourth-order valence-corrected chi connectivity index (χ4v) is 2.23. The van der Waals surface area contributed by atoms with Gasteiger partial charge in [-0.3, -0.25) is 4.79 Å². The Bertz CT molecular complexity index is 562. The molecule has 0 aromatic carbocycles. The number of hydrogen-bond acceptors (Lipinski definition) is 5. The van der Waals surface area contributed by atoms with Crippen LogP contribution in [0.1, 0.15) is 11.5 Å². The van der Waals surface area contributed by atoms with Gasteiger partial charge in [0.05, 0.1) is 18.0 Å². The molecule has 0 radical (unpaired) electrons. The van der Waals surface area contributed by atoms with E-state index in [2.05, 4.69) is 15.2 Å². The molecule has 0 saturated heterocycles. The topological polar surface area (TPSA) is 85.8 Å². The van der Waals surface area contributed by atoms with Crippen molar-refractivity contribution >= 4 is 17.7 Å². The van der Waals surface area contributed by atoms with Crippen LogP contribution in [0.5, 0.6) is 0 Å². The number of aliphatic carboxylic acids is 1. The second kappa shape index (κ2) is 5.21. The van der Waals surface area contributed by atoms with Crippen molar-refractivity contribution in [3.8, 4) is 0 Å². The molecule has 0 fully saturated rings. The summed E-state index contributed by atoms with van der Waals surface area (Å²) in [4.78, 5) is 14.9. The van der Waals surface area contributed by atoms with Crippen LogP contribution in [0.15, 0.2) is 17.7 Å². The maximum Gasteiger partial charge on any atom is 0.313 e. The lowest BCUT2D eigenvalue weighted by Gasteiger charge is -2.05. The molecule has 2 heterocycles. The first-order chi connectivity index (χ1) is 8.56. The van der Waals surface area contributed by atoms with Crippen molar-refractivity contribution < 1.29 is 9.90 Å². The molecule has 0 aliphatic carbocycles. The molecule has 0 aliphatic rings. The summed E-state index contributed by atoms with van der Waals surface area (Å²) in [6.45, 7) is 2.40. The Hall–Kier alpha value is -1.83. The summed E-state index contributed by atoms with van der Waals surface area (Å²) in [7, 11) is 1.86. The van der Waals surface area contributed by atoms with E-state index in [0.717, 1.165) is 11.5 Å². The molecule has 0 amide bonds. The Morgan fingerprint density at radius 1 is 1.56 bits per heavy atom. The molecular weight excluding hydrogens is 254 g/mol. The molecule has 96 valence electrons. The van der Waals surface area contributed by atoms with Crippen molar-refractivity contribution in [3.63, 3.8) is 0 Å². The largest absolute Gasteiger partial charge is 0.481 e. The predicted octanol–water partition coefficient (Wildman–Crippen LogP) is 0.545. The van der Waals surface area contributed by atoms with Crippen LogP contribution in [0.25, 0.3) is 0 Å². The Balaban J connectivity index is 2.17. The van der Waals surface area contributed by atoms with Crippen LogP contribution in [-0.2, 0) is 18.4 Å². The van der Waals surface area contributed by atoms with E-state index in [9.17, 15) is 4.79 Å². The van der Waals surface area contributed by atoms with Crippen molar-refractivity contribution in [1.82, 2.24) is 24.3 Å². The molecule has 18 heavy (non-hydrogen) atoms. The van der Waals surface area contributed by atoms with Gasteiger partial charge in [-0.2, -0.15) is 0 Å². The lowest BCUT2D eigenvalue weighted by atomic mass is 10.5. The van der Waals surface area contributed by atoms with Gasteiger partial charge in [-0.05, 0) is 6.92 Å². The lowest BCUT2D eigenvalue weighted by molar-refractivity contribution is -0.133. The van der Waals surface area contributed by atoms with Crippen LogP contribution in [0.4, 0.5) is 0 Å². The normalized spacial score (nSPS) is 10.8. The highest BCUT2D eigenvalue weighted by atomic mass is 32.2. The average Bonchev–Trinajstić information content (AvgIpc) is 2.84. The van der Waals surface area contributed by atoms with Gasteiger partial charge in [-0.25, -0.2) is 4.98 Å². The van der Waals surface area contributed by atoms with Gasteiger partial charge in [0.1, 0.15) is 6.33 Å². The number of nitrogens with zero attached hydrogens (tertiary/aromatic N) is 5. The van der Waals surface area contributed by atoms with Gasteiger partial charge in [0.2, 0.25) is 0 Å². The van der Waals surface area contributed by atoms with Gasteiger partial charge in [0.15, 0.2) is 11.0 Å². The van der Waals surface area contributed by atoms with E-state index < -0.39 is 5.97 Å². The highest BCUT2D eigenvalue weighted by Gasteiger charge is 2.11. The number of rotatable bonds is 5. The lowest BCUT2D eigenvalue weighted by Crippen LogP contribution is -2.07. The maximum absolute atomic E-state index is 10.6. The molecule has 0 unspecified atom stereocenters. The SMILES string of the molecule is Cc1cn(Cc2nncn2C)c(SCC(=O)O)n1. The first-order valence-corrected chi connectivity index (χ1v) is 6.26. The minimum absolute atomic E-state index is 0.00469. The quantitative estimate of drug-likeness (QED) is 0.796. The van der Waals surface area contributed by atoms with E-state index in [1.165, 1.54) is 11.8 Å². The van der Waals surface area contributed by atoms with Crippen LogP contribution in [0.3, 0.4) is 0 Å². The summed E-state index contributed by atoms with van der Waals surface area (Å²) in [5.41, 5.74) is 0.852. The summed E-state index contributed by atoms with van der Waals surface area (Å²) in [6.07, 6.45) is 3.50. The number of imidazole rings is 1. The van der Waals surface area contributed by atoms with Gasteiger partial charge in [-0.1, -0.05) is 11.8 Å². The zero-order valence-electron chi connectivity index (χ0n) is 10.1. The van der Waals surface area contributed by atoms with Crippen LogP contribution in [-0.4, -0.2) is 41.1 Å². The van der Waals surface area contributed by atoms with E-state index in [0.29, 0.717) is 11.7 Å². The number of carboxylic acid groups (broad SMARTS) is 1. The highest BCUT2D eigenvalue weighted by molar-refractivity contribution is 7.99. The van der Waals surface area contributed by atoms with Crippen molar-refractivity contribution in [3.05, 3.63) is 24.0 Å². The van der Waals surface area contributed by atoms with Crippen molar-refractivity contribution in [2.75, 3.05) is 5.75 Å². The van der Waals surface area contributed by atoms with Gasteiger partial charge >= 0.3 is 5.97 Å². The van der Waals surface area contributed by atoms with E-state index in [-0.39, 0.29) is 5.75 Å². The smallest absolute Gasteiger partial charge is 0.313 e. The zero-order valence-corrected chi connectivity index (χ0v) is 10.9. The number of hydrogen-bond donors (Lipinski definition) is 1. The molecule has 0 aliphatic heterocycles. The molecule has 0 spiro atoms. The molecular formula is C10H13N5O2S. The fourth-order valence-electron chi connectivity index (χ4n) is 1.48. The number of thioether (sulfide) groups is 1. The van der Waals surface area contributed by atoms with Crippen LogP contribution in [0, 0.1) is 6.92 Å². The third-order valence-electron chi connectivity index (χ3n) is 2.30. The molecule has 0 bridgehead atoms. The third kappa shape index (κ3) is 2.89. The molecule has 7 nitrogen and oxygen atoms in total. The van der Waals surface area contributed by atoms with E-state index in [4.69, 9.17) is 5.11 Å². The Kier molecular flexibility index (Phi) is 3.66. The van der Waals surface area contributed by atoms with Crippen LogP contribution in [0.2, 0.25) is 0 Å². The van der Waals surface area contributed by atoms with Crippen molar-refractivity contribution in [1.29, 1.82) is 0 Å². The molecule has 8 heteroatoms. The van der Waals surface area contributed by atoms with Crippen molar-refractivity contribution in [2.24, 2.45) is 7.05 Å². The van der Waals surface area contributed by atoms with Gasteiger partial charge in [0.25, 0.3) is 0 Å². The summed E-state index contributed by atoms with van der Waals surface area (Å²) < 4.78 is 3.70. The summed E-state index contributed by atoms with van der Waals surface area (Å²) >= 11 is 1.20. The third-order valence-corrected chi connectivity index (χ3v) is 3.28. The molecule has 2 rings (SSSR count). The summed E-state index contributed by atoms with van der Waals surface area (Å²) in [5.74, 6) is -0.0645. The fraction of sp³-hybridized carbons (Fsp3) is 0.400. The average molecular weight is 267 g/mol. The van der Waals surface area contributed by atoms with Crippen LogP contribution < -0.4 is 0 Å². The summed E-state index contributed by atoms with van der Waals surface area (Å²) in [5, 5.41) is 17.2. The summed E-state index contributed by atoms with van der Waals surface area (Å²) in [6, 6.07) is 0. The number of aryl methyl sites for hydroxylation is 2. The van der Waals surface area contributed by atoms with E-state index in [1.807, 2.05) is 29.3 Å². The number of aromatic nitrogens is 5. The zero-order chi connectivity index (χ0) is 13.1. The monoisotopic (exact) mass is 267 g/mol. The van der Waals surface area contributed by atoms with Gasteiger partial charge < -0.3 is 14.2 Å². The minimum Gasteiger partial charge on any atom is -0.481 e. The first kappa shape index (κ1) is 12.6. The predicted molar refractivity (Wildman–Crippen MR) is 65.4 cm³/mol. The standard InChI is InChI=1S/C10H13N5O2S/c1-7-3-15(4-8-13-11-6-14(8)2)10(12-7)18-5-9(16)17/h3,6H,4-5H2,1-2H3,(H,16,17). The minimum atomic E-state index is -0.856. The molecule has 2 aromatic heterocycles. The molecule has 0 saturated carbocycles. The van der Waals surface area contributed by atoms with Crippen LogP contribution >= 0.6 is 11.8 Å². The molecule has 1 N–H and O–H groups in total. The van der Waals surface area contributed by atoms with E-state index in [1.54, 1.807) is 6.33 Å². The second-order valence-corrected chi connectivity index (χ2v) is 4.78. The Morgan fingerprint density at radius 3 is 2.94 bits per heavy atom. The Morgan fingerprint density at radius 2 is 2.33 bits per heavy atom. The highest BCUT2D eigenvalue weighted by Crippen LogP contribution is 2.18. The Labute approximate surface area is 108 Å². The number of carbonyl (C=O) groups is 1. The van der Waals surface area contributed by atoms with E-state index >= 15 is 0 Å². The molecule has 0 atom stereocenters. The maximum atomic E-state index is 10.6. The molecule has 2 aromatic rings.